The lowest BCUT2D eigenvalue weighted by Crippen LogP contribution is -2.33. The Kier molecular flexibility index (Phi) is 3.84. The summed E-state index contributed by atoms with van der Waals surface area (Å²) in [5.74, 6) is -2.09. The van der Waals surface area contributed by atoms with Crippen LogP contribution in [0.15, 0.2) is 23.1 Å². The summed E-state index contributed by atoms with van der Waals surface area (Å²) in [6, 6.07) is 2.20. The van der Waals surface area contributed by atoms with E-state index in [4.69, 9.17) is 10.8 Å². The normalized spacial score (nSPS) is 13.4. The molecule has 0 saturated carbocycles. The van der Waals surface area contributed by atoms with Crippen LogP contribution in [0.3, 0.4) is 0 Å². The highest BCUT2D eigenvalue weighted by atomic mass is 32.2. The van der Waals surface area contributed by atoms with Crippen molar-refractivity contribution in [2.45, 2.75) is 17.4 Å². The molecular formula is C10H12FNO4S. The van der Waals surface area contributed by atoms with Gasteiger partial charge in [0.1, 0.15) is 11.9 Å². The van der Waals surface area contributed by atoms with E-state index >= 15 is 0 Å². The van der Waals surface area contributed by atoms with Crippen molar-refractivity contribution in [3.8, 4) is 0 Å². The minimum absolute atomic E-state index is 0.190. The maximum absolute atomic E-state index is 13.5. The second-order valence-electron chi connectivity index (χ2n) is 3.64. The van der Waals surface area contributed by atoms with E-state index in [2.05, 4.69) is 0 Å². The van der Waals surface area contributed by atoms with Crippen molar-refractivity contribution in [3.63, 3.8) is 0 Å². The molecule has 1 aromatic rings. The van der Waals surface area contributed by atoms with E-state index in [9.17, 15) is 17.6 Å². The van der Waals surface area contributed by atoms with Gasteiger partial charge in [0.05, 0.1) is 4.90 Å². The van der Waals surface area contributed by atoms with E-state index in [1.54, 1.807) is 0 Å². The molecule has 1 aromatic carbocycles. The molecule has 0 heterocycles. The summed E-state index contributed by atoms with van der Waals surface area (Å²) in [7, 11) is -3.62. The van der Waals surface area contributed by atoms with Crippen molar-refractivity contribution < 1.29 is 22.7 Å². The van der Waals surface area contributed by atoms with Gasteiger partial charge in [-0.15, -0.1) is 0 Å². The van der Waals surface area contributed by atoms with Crippen LogP contribution in [-0.2, 0) is 21.1 Å². The summed E-state index contributed by atoms with van der Waals surface area (Å²) < 4.78 is 36.3. The second-order valence-corrected chi connectivity index (χ2v) is 5.62. The van der Waals surface area contributed by atoms with Crippen molar-refractivity contribution in [1.82, 2.24) is 0 Å². The molecule has 0 radical (unpaired) electrons. The van der Waals surface area contributed by atoms with Crippen LogP contribution in [-0.4, -0.2) is 31.8 Å². The Morgan fingerprint density at radius 3 is 2.59 bits per heavy atom. The Morgan fingerprint density at radius 2 is 2.12 bits per heavy atom. The molecule has 0 aliphatic heterocycles. The van der Waals surface area contributed by atoms with Crippen LogP contribution in [0.1, 0.15) is 5.56 Å². The second kappa shape index (κ2) is 4.80. The smallest absolute Gasteiger partial charge is 0.320 e. The SMILES string of the molecule is CS(=O)(=O)c1cccc(F)c1CC(N)C(=O)O. The zero-order chi connectivity index (χ0) is 13.2. The Bertz CT molecular complexity index is 541. The highest BCUT2D eigenvalue weighted by Gasteiger charge is 2.21. The van der Waals surface area contributed by atoms with Crippen LogP contribution >= 0.6 is 0 Å². The molecule has 0 amide bonds. The Balaban J connectivity index is 3.27. The van der Waals surface area contributed by atoms with E-state index < -0.39 is 27.7 Å². The molecule has 0 saturated heterocycles. The molecule has 1 atom stereocenters. The molecule has 0 bridgehead atoms. The summed E-state index contributed by atoms with van der Waals surface area (Å²) in [5, 5.41) is 8.63. The van der Waals surface area contributed by atoms with Gasteiger partial charge in [-0.2, -0.15) is 0 Å². The Hall–Kier alpha value is -1.47. The average Bonchev–Trinajstić information content (AvgIpc) is 2.18. The number of carboxylic acid groups (broad SMARTS) is 1. The minimum Gasteiger partial charge on any atom is -0.480 e. The number of rotatable bonds is 4. The molecule has 0 aliphatic rings. The predicted octanol–water partition coefficient (Wildman–Crippen LogP) is 0.184. The van der Waals surface area contributed by atoms with E-state index in [-0.39, 0.29) is 16.9 Å². The van der Waals surface area contributed by atoms with Gasteiger partial charge in [-0.3, -0.25) is 4.79 Å². The summed E-state index contributed by atoms with van der Waals surface area (Å²) in [6.07, 6.45) is 0.558. The molecule has 94 valence electrons. The maximum Gasteiger partial charge on any atom is 0.320 e. The number of sulfone groups is 1. The number of hydrogen-bond acceptors (Lipinski definition) is 4. The van der Waals surface area contributed by atoms with Gasteiger partial charge in [0.25, 0.3) is 0 Å². The van der Waals surface area contributed by atoms with Gasteiger partial charge in [0.15, 0.2) is 9.84 Å². The minimum atomic E-state index is -3.62. The fourth-order valence-corrected chi connectivity index (χ4v) is 2.35. The summed E-state index contributed by atoms with van der Waals surface area (Å²) in [5.41, 5.74) is 5.08. The Labute approximate surface area is 98.0 Å². The van der Waals surface area contributed by atoms with Gasteiger partial charge in [-0.25, -0.2) is 12.8 Å². The van der Waals surface area contributed by atoms with Gasteiger partial charge in [-0.05, 0) is 12.1 Å². The number of aliphatic carboxylic acids is 1. The highest BCUT2D eigenvalue weighted by molar-refractivity contribution is 7.90. The fraction of sp³-hybridized carbons (Fsp3) is 0.300. The number of hydrogen-bond donors (Lipinski definition) is 2. The zero-order valence-corrected chi connectivity index (χ0v) is 9.87. The van der Waals surface area contributed by atoms with E-state index in [0.717, 1.165) is 12.3 Å². The first-order valence-electron chi connectivity index (χ1n) is 4.69. The molecule has 0 spiro atoms. The highest BCUT2D eigenvalue weighted by Crippen LogP contribution is 2.20. The molecule has 0 aromatic heterocycles. The van der Waals surface area contributed by atoms with E-state index in [0.29, 0.717) is 0 Å². The quantitative estimate of drug-likeness (QED) is 0.806. The lowest BCUT2D eigenvalue weighted by Gasteiger charge is -2.11. The number of carboxylic acids is 1. The van der Waals surface area contributed by atoms with Crippen molar-refractivity contribution >= 4 is 15.8 Å². The first-order valence-corrected chi connectivity index (χ1v) is 6.58. The van der Waals surface area contributed by atoms with Crippen LogP contribution in [0.25, 0.3) is 0 Å². The van der Waals surface area contributed by atoms with Crippen LogP contribution in [0.4, 0.5) is 4.39 Å². The zero-order valence-electron chi connectivity index (χ0n) is 9.05. The van der Waals surface area contributed by atoms with Crippen LogP contribution < -0.4 is 5.73 Å². The van der Waals surface area contributed by atoms with Crippen molar-refractivity contribution in [2.75, 3.05) is 6.26 Å². The summed E-state index contributed by atoms with van der Waals surface area (Å²) >= 11 is 0. The van der Waals surface area contributed by atoms with E-state index in [1.807, 2.05) is 0 Å². The third kappa shape index (κ3) is 3.24. The topological polar surface area (TPSA) is 97.5 Å². The molecule has 3 N–H and O–H groups in total. The molecule has 1 unspecified atom stereocenters. The summed E-state index contributed by atoms with van der Waals surface area (Å²) in [4.78, 5) is 10.4. The van der Waals surface area contributed by atoms with Crippen LogP contribution in [0.2, 0.25) is 0 Å². The van der Waals surface area contributed by atoms with Gasteiger partial charge in [0.2, 0.25) is 0 Å². The average molecular weight is 261 g/mol. The lowest BCUT2D eigenvalue weighted by atomic mass is 10.1. The predicted molar refractivity (Wildman–Crippen MR) is 58.8 cm³/mol. The molecular weight excluding hydrogens is 249 g/mol. The number of carbonyl (C=O) groups is 1. The number of nitrogens with two attached hydrogens (primary N) is 1. The molecule has 5 nitrogen and oxygen atoms in total. The Morgan fingerprint density at radius 1 is 1.53 bits per heavy atom. The van der Waals surface area contributed by atoms with Crippen molar-refractivity contribution in [3.05, 3.63) is 29.6 Å². The molecule has 0 aliphatic carbocycles. The molecule has 0 fully saturated rings. The van der Waals surface area contributed by atoms with Gasteiger partial charge in [0, 0.05) is 18.2 Å². The largest absolute Gasteiger partial charge is 0.480 e. The van der Waals surface area contributed by atoms with Crippen LogP contribution in [0, 0.1) is 5.82 Å². The molecule has 1 rings (SSSR count). The summed E-state index contributed by atoms with van der Waals surface area (Å²) in [6.45, 7) is 0. The third-order valence-electron chi connectivity index (χ3n) is 2.22. The maximum atomic E-state index is 13.5. The molecule has 7 heteroatoms. The number of halogens is 1. The monoisotopic (exact) mass is 261 g/mol. The molecule has 17 heavy (non-hydrogen) atoms. The van der Waals surface area contributed by atoms with Gasteiger partial charge >= 0.3 is 5.97 Å². The van der Waals surface area contributed by atoms with Gasteiger partial charge in [-0.1, -0.05) is 6.07 Å². The first-order chi connectivity index (χ1) is 7.73. The standard InChI is InChI=1S/C10H12FNO4S/c1-17(15,16)9-4-2-3-7(11)6(9)5-8(12)10(13)14/h2-4,8H,5,12H2,1H3,(H,13,14). The fourth-order valence-electron chi connectivity index (χ4n) is 1.39. The third-order valence-corrected chi connectivity index (χ3v) is 3.40. The van der Waals surface area contributed by atoms with Crippen molar-refractivity contribution in [1.29, 1.82) is 0 Å². The van der Waals surface area contributed by atoms with Crippen molar-refractivity contribution in [2.24, 2.45) is 5.73 Å². The van der Waals surface area contributed by atoms with Gasteiger partial charge < -0.3 is 10.8 Å². The van der Waals surface area contributed by atoms with E-state index in [1.165, 1.54) is 12.1 Å². The first kappa shape index (κ1) is 13.6. The van der Waals surface area contributed by atoms with Crippen LogP contribution in [0.5, 0.6) is 0 Å². The lowest BCUT2D eigenvalue weighted by molar-refractivity contribution is -0.138. The number of benzene rings is 1.